The largest absolute Gasteiger partial charge is 0.298 e. The van der Waals surface area contributed by atoms with Crippen molar-refractivity contribution >= 4 is 0 Å². The van der Waals surface area contributed by atoms with Crippen LogP contribution in [-0.2, 0) is 0 Å². The molecular weight excluding hydrogens is 318 g/mol. The molecule has 0 aromatic heterocycles. The van der Waals surface area contributed by atoms with Crippen LogP contribution in [0.25, 0.3) is 0 Å². The quantitative estimate of drug-likeness (QED) is 0.738. The van der Waals surface area contributed by atoms with E-state index in [1.54, 1.807) is 0 Å². The van der Waals surface area contributed by atoms with Gasteiger partial charge in [0.15, 0.2) is 0 Å². The lowest BCUT2D eigenvalue weighted by Crippen LogP contribution is -2.63. The Morgan fingerprint density at radius 1 is 0.654 bits per heavy atom. The van der Waals surface area contributed by atoms with Gasteiger partial charge in [-0.15, -0.1) is 0 Å². The zero-order valence-electron chi connectivity index (χ0n) is 18.3. The van der Waals surface area contributed by atoms with Gasteiger partial charge in [-0.3, -0.25) is 14.7 Å². The second-order valence-electron chi connectivity index (χ2n) is 12.0. The fourth-order valence-electron chi connectivity index (χ4n) is 6.26. The van der Waals surface area contributed by atoms with Crippen molar-refractivity contribution in [1.82, 2.24) is 14.7 Å². The first kappa shape index (κ1) is 19.2. The van der Waals surface area contributed by atoms with E-state index < -0.39 is 0 Å². The first-order valence-corrected chi connectivity index (χ1v) is 11.3. The molecule has 1 saturated carbocycles. The van der Waals surface area contributed by atoms with E-state index in [1.807, 2.05) is 0 Å². The Bertz CT molecular complexity index is 475. The van der Waals surface area contributed by atoms with Crippen molar-refractivity contribution in [3.63, 3.8) is 0 Å². The molecule has 0 aromatic carbocycles. The molecule has 0 amide bonds. The third-order valence-corrected chi connectivity index (χ3v) is 8.35. The molecule has 0 radical (unpaired) electrons. The maximum absolute atomic E-state index is 2.83. The number of nitrogens with zero attached hydrogens (tertiary/aromatic N) is 3. The number of likely N-dealkylation sites (tertiary alicyclic amines) is 3. The molecule has 1 aliphatic carbocycles. The molecule has 0 aromatic rings. The van der Waals surface area contributed by atoms with Gasteiger partial charge < -0.3 is 0 Å². The van der Waals surface area contributed by atoms with Gasteiger partial charge in [0.25, 0.3) is 0 Å². The molecule has 26 heavy (non-hydrogen) atoms. The molecule has 4 fully saturated rings. The van der Waals surface area contributed by atoms with Gasteiger partial charge >= 0.3 is 0 Å². The summed E-state index contributed by atoms with van der Waals surface area (Å²) in [4.78, 5) is 8.38. The number of hydrogen-bond donors (Lipinski definition) is 0. The molecule has 2 atom stereocenters. The van der Waals surface area contributed by atoms with E-state index in [2.05, 4.69) is 56.2 Å². The number of rotatable bonds is 2. The number of piperidine rings is 1. The van der Waals surface area contributed by atoms with Crippen LogP contribution in [0, 0.1) is 23.2 Å². The highest BCUT2D eigenvalue weighted by molar-refractivity contribution is 5.02. The van der Waals surface area contributed by atoms with E-state index in [4.69, 9.17) is 0 Å². The minimum atomic E-state index is 0.362. The molecule has 2 unspecified atom stereocenters. The minimum absolute atomic E-state index is 0.362. The van der Waals surface area contributed by atoms with Crippen molar-refractivity contribution in [2.75, 3.05) is 39.3 Å². The van der Waals surface area contributed by atoms with Crippen LogP contribution < -0.4 is 0 Å². The molecule has 3 aliphatic heterocycles. The van der Waals surface area contributed by atoms with Crippen molar-refractivity contribution in [3.8, 4) is 0 Å². The van der Waals surface area contributed by atoms with Gasteiger partial charge in [0.1, 0.15) is 0 Å². The van der Waals surface area contributed by atoms with Crippen LogP contribution in [0.3, 0.4) is 0 Å². The average Bonchev–Trinajstić information content (AvgIpc) is 3.03. The highest BCUT2D eigenvalue weighted by Crippen LogP contribution is 2.43. The smallest absolute Gasteiger partial charge is 0.0350 e. The molecule has 3 saturated heterocycles. The number of hydrogen-bond acceptors (Lipinski definition) is 3. The molecular formula is C23H43N3. The van der Waals surface area contributed by atoms with Crippen molar-refractivity contribution in [2.24, 2.45) is 23.2 Å². The maximum atomic E-state index is 2.83. The highest BCUT2D eigenvalue weighted by atomic mass is 15.3. The molecule has 150 valence electrons. The SMILES string of the molecule is CC(C)(C)C1CCN(C2CN(C3CC4CN(C(C)(C)C)CC4C3)C2)CC1. The van der Waals surface area contributed by atoms with Gasteiger partial charge in [-0.25, -0.2) is 0 Å². The highest BCUT2D eigenvalue weighted by Gasteiger charge is 2.47. The van der Waals surface area contributed by atoms with Crippen molar-refractivity contribution in [1.29, 1.82) is 0 Å². The Morgan fingerprint density at radius 3 is 1.65 bits per heavy atom. The monoisotopic (exact) mass is 361 g/mol. The van der Waals surface area contributed by atoms with Gasteiger partial charge in [0.2, 0.25) is 0 Å². The summed E-state index contributed by atoms with van der Waals surface area (Å²) < 4.78 is 0. The Morgan fingerprint density at radius 2 is 1.19 bits per heavy atom. The lowest BCUT2D eigenvalue weighted by atomic mass is 9.75. The standard InChI is InChI=1S/C23H43N3/c1-22(2,3)19-7-9-24(10-8-19)21-15-25(16-21)20-11-17-13-26(23(4,5)6)14-18(17)12-20/h17-21H,7-16H2,1-6H3. The second kappa shape index (κ2) is 6.74. The predicted octanol–water partition coefficient (Wildman–Crippen LogP) is 3.94. The Kier molecular flexibility index (Phi) is 4.98. The molecule has 4 aliphatic rings. The van der Waals surface area contributed by atoms with Crippen LogP contribution in [0.15, 0.2) is 0 Å². The first-order valence-electron chi connectivity index (χ1n) is 11.3. The third-order valence-electron chi connectivity index (χ3n) is 8.35. The van der Waals surface area contributed by atoms with Crippen LogP contribution in [0.5, 0.6) is 0 Å². The fraction of sp³-hybridized carbons (Fsp3) is 1.00. The summed E-state index contributed by atoms with van der Waals surface area (Å²) in [7, 11) is 0. The molecule has 4 rings (SSSR count). The van der Waals surface area contributed by atoms with Crippen molar-refractivity contribution in [3.05, 3.63) is 0 Å². The summed E-state index contributed by atoms with van der Waals surface area (Å²) in [5.41, 5.74) is 0.862. The molecule has 3 nitrogen and oxygen atoms in total. The van der Waals surface area contributed by atoms with Crippen molar-refractivity contribution < 1.29 is 0 Å². The maximum Gasteiger partial charge on any atom is 0.0350 e. The second-order valence-corrected chi connectivity index (χ2v) is 12.0. The van der Waals surface area contributed by atoms with E-state index in [9.17, 15) is 0 Å². The molecule has 0 spiro atoms. The van der Waals surface area contributed by atoms with Crippen LogP contribution in [-0.4, -0.2) is 71.6 Å². The summed E-state index contributed by atoms with van der Waals surface area (Å²) in [5.74, 6) is 2.87. The van der Waals surface area contributed by atoms with E-state index in [0.29, 0.717) is 11.0 Å². The van der Waals surface area contributed by atoms with Gasteiger partial charge in [0, 0.05) is 43.8 Å². The fourth-order valence-corrected chi connectivity index (χ4v) is 6.26. The van der Waals surface area contributed by atoms with E-state index in [-0.39, 0.29) is 0 Å². The molecule has 0 bridgehead atoms. The summed E-state index contributed by atoms with van der Waals surface area (Å²) in [6.45, 7) is 22.5. The van der Waals surface area contributed by atoms with E-state index in [1.165, 1.54) is 65.0 Å². The molecule has 3 heteroatoms. The van der Waals surface area contributed by atoms with Gasteiger partial charge in [0.05, 0.1) is 0 Å². The topological polar surface area (TPSA) is 9.72 Å². The summed E-state index contributed by atoms with van der Waals surface area (Å²) >= 11 is 0. The third kappa shape index (κ3) is 3.73. The first-order chi connectivity index (χ1) is 12.1. The zero-order valence-corrected chi connectivity index (χ0v) is 18.3. The lowest BCUT2D eigenvalue weighted by molar-refractivity contribution is -0.0202. The van der Waals surface area contributed by atoms with Gasteiger partial charge in [-0.1, -0.05) is 20.8 Å². The average molecular weight is 362 g/mol. The summed E-state index contributed by atoms with van der Waals surface area (Å²) in [6.07, 6.45) is 5.76. The Labute approximate surface area is 162 Å². The normalized spacial score (nSPS) is 36.5. The summed E-state index contributed by atoms with van der Waals surface area (Å²) in [5, 5.41) is 0. The predicted molar refractivity (Wildman–Crippen MR) is 110 cm³/mol. The van der Waals surface area contributed by atoms with Crippen LogP contribution in [0.1, 0.15) is 67.2 Å². The van der Waals surface area contributed by atoms with Gasteiger partial charge in [-0.2, -0.15) is 0 Å². The number of fused-ring (bicyclic) bond motifs is 1. The molecule has 3 heterocycles. The lowest BCUT2D eigenvalue weighted by Gasteiger charge is -2.51. The summed E-state index contributed by atoms with van der Waals surface area (Å²) in [6, 6.07) is 1.76. The molecule has 0 N–H and O–H groups in total. The van der Waals surface area contributed by atoms with Crippen LogP contribution >= 0.6 is 0 Å². The van der Waals surface area contributed by atoms with Gasteiger partial charge in [-0.05, 0) is 82.7 Å². The van der Waals surface area contributed by atoms with Crippen molar-refractivity contribution in [2.45, 2.75) is 84.8 Å². The Hall–Kier alpha value is -0.120. The van der Waals surface area contributed by atoms with E-state index >= 15 is 0 Å². The minimum Gasteiger partial charge on any atom is -0.298 e. The van der Waals surface area contributed by atoms with Crippen LogP contribution in [0.2, 0.25) is 0 Å². The van der Waals surface area contributed by atoms with E-state index in [0.717, 1.165) is 29.8 Å². The van der Waals surface area contributed by atoms with Crippen LogP contribution in [0.4, 0.5) is 0 Å². The Balaban J connectivity index is 1.20. The zero-order chi connectivity index (χ0) is 18.7.